The van der Waals surface area contributed by atoms with Gasteiger partial charge in [0.05, 0.1) is 22.9 Å². The zero-order valence-electron chi connectivity index (χ0n) is 12.4. The van der Waals surface area contributed by atoms with Crippen LogP contribution in [0, 0.1) is 0 Å². The Morgan fingerprint density at radius 3 is 2.73 bits per heavy atom. The topological polar surface area (TPSA) is 40.7 Å². The van der Waals surface area contributed by atoms with Crippen molar-refractivity contribution in [3.8, 4) is 0 Å². The van der Waals surface area contributed by atoms with E-state index in [9.17, 15) is 0 Å². The lowest BCUT2D eigenvalue weighted by Crippen LogP contribution is -1.91. The molecular formula is C18H19N3S. The monoisotopic (exact) mass is 309 g/mol. The summed E-state index contributed by atoms with van der Waals surface area (Å²) >= 11 is 1.61. The van der Waals surface area contributed by atoms with Crippen LogP contribution in [-0.4, -0.2) is 9.97 Å². The Hall–Kier alpha value is -1.94. The van der Waals surface area contributed by atoms with Gasteiger partial charge in [-0.2, -0.15) is 0 Å². The molecule has 4 rings (SSSR count). The number of aromatic amines is 1. The van der Waals surface area contributed by atoms with E-state index in [4.69, 9.17) is 0 Å². The van der Waals surface area contributed by atoms with E-state index in [1.807, 2.05) is 24.4 Å². The average Bonchev–Trinajstić information content (AvgIpc) is 3.22. The molecule has 4 heteroatoms. The van der Waals surface area contributed by atoms with Crippen LogP contribution in [0.4, 0.5) is 5.69 Å². The third-order valence-electron chi connectivity index (χ3n) is 4.31. The number of hydrogen-bond acceptors (Lipinski definition) is 3. The first-order chi connectivity index (χ1) is 10.9. The fraction of sp³-hybridized carbons (Fsp3) is 0.278. The van der Waals surface area contributed by atoms with Crippen LogP contribution < -0.4 is 4.72 Å². The standard InChI is InChI=1S/C18H19N3S/c1-2-8-15(9-3-1)22-21-14-10-18-17(19-12-14)11-16(20-18)13-6-4-5-7-13/h1-3,8-13,20-21H,4-7H2. The van der Waals surface area contributed by atoms with E-state index in [-0.39, 0.29) is 0 Å². The van der Waals surface area contributed by atoms with Crippen molar-refractivity contribution in [2.75, 3.05) is 4.72 Å². The SMILES string of the molecule is c1ccc(SNc2cnc3cc(C4CCCC4)[nH]c3c2)cc1. The van der Waals surface area contributed by atoms with Crippen molar-refractivity contribution in [1.82, 2.24) is 9.97 Å². The average molecular weight is 309 g/mol. The minimum Gasteiger partial charge on any atom is -0.357 e. The van der Waals surface area contributed by atoms with E-state index < -0.39 is 0 Å². The summed E-state index contributed by atoms with van der Waals surface area (Å²) in [5, 5.41) is 0. The first-order valence-corrected chi connectivity index (χ1v) is 8.67. The summed E-state index contributed by atoms with van der Waals surface area (Å²) in [6, 6.07) is 14.7. The highest BCUT2D eigenvalue weighted by Crippen LogP contribution is 2.35. The normalized spacial score (nSPS) is 15.5. The van der Waals surface area contributed by atoms with E-state index in [1.54, 1.807) is 11.9 Å². The molecular weight excluding hydrogens is 290 g/mol. The molecule has 2 aromatic heterocycles. The molecule has 0 aliphatic heterocycles. The number of aromatic nitrogens is 2. The van der Waals surface area contributed by atoms with Gasteiger partial charge >= 0.3 is 0 Å². The second-order valence-electron chi connectivity index (χ2n) is 5.88. The smallest absolute Gasteiger partial charge is 0.0883 e. The zero-order valence-corrected chi connectivity index (χ0v) is 13.2. The second-order valence-corrected chi connectivity index (χ2v) is 6.76. The van der Waals surface area contributed by atoms with Crippen LogP contribution in [0.3, 0.4) is 0 Å². The Balaban J connectivity index is 1.52. The summed E-state index contributed by atoms with van der Waals surface area (Å²) < 4.78 is 3.37. The molecule has 1 aromatic carbocycles. The van der Waals surface area contributed by atoms with Gasteiger partial charge in [0.2, 0.25) is 0 Å². The quantitative estimate of drug-likeness (QED) is 0.639. The first-order valence-electron chi connectivity index (χ1n) is 7.85. The Kier molecular flexibility index (Phi) is 3.77. The van der Waals surface area contributed by atoms with Gasteiger partial charge in [0.15, 0.2) is 0 Å². The number of benzene rings is 1. The molecule has 3 nitrogen and oxygen atoms in total. The molecule has 112 valence electrons. The molecule has 0 bridgehead atoms. The van der Waals surface area contributed by atoms with E-state index >= 15 is 0 Å². The van der Waals surface area contributed by atoms with E-state index in [0.29, 0.717) is 5.92 Å². The van der Waals surface area contributed by atoms with Gasteiger partial charge in [0.25, 0.3) is 0 Å². The Morgan fingerprint density at radius 2 is 1.91 bits per heavy atom. The molecule has 2 N–H and O–H groups in total. The number of H-pyrrole nitrogens is 1. The van der Waals surface area contributed by atoms with Crippen LogP contribution >= 0.6 is 11.9 Å². The van der Waals surface area contributed by atoms with Crippen LogP contribution in [-0.2, 0) is 0 Å². The fourth-order valence-electron chi connectivity index (χ4n) is 3.15. The number of fused-ring (bicyclic) bond motifs is 1. The molecule has 0 saturated heterocycles. The van der Waals surface area contributed by atoms with Gasteiger partial charge in [-0.05, 0) is 55.0 Å². The highest BCUT2D eigenvalue weighted by Gasteiger charge is 2.19. The van der Waals surface area contributed by atoms with Crippen molar-refractivity contribution in [2.45, 2.75) is 36.5 Å². The van der Waals surface area contributed by atoms with Gasteiger partial charge < -0.3 is 9.71 Å². The number of pyridine rings is 1. The predicted octanol–water partition coefficient (Wildman–Crippen LogP) is 5.34. The van der Waals surface area contributed by atoms with Crippen LogP contribution in [0.2, 0.25) is 0 Å². The summed E-state index contributed by atoms with van der Waals surface area (Å²) in [4.78, 5) is 9.34. The maximum absolute atomic E-state index is 4.58. The van der Waals surface area contributed by atoms with Crippen molar-refractivity contribution in [2.24, 2.45) is 0 Å². The van der Waals surface area contributed by atoms with Gasteiger partial charge in [-0.25, -0.2) is 0 Å². The zero-order chi connectivity index (χ0) is 14.8. The summed E-state index contributed by atoms with van der Waals surface area (Å²) in [6.45, 7) is 0. The Bertz CT molecular complexity index is 760. The lowest BCUT2D eigenvalue weighted by Gasteiger charge is -2.05. The Morgan fingerprint density at radius 1 is 1.09 bits per heavy atom. The molecule has 0 radical (unpaired) electrons. The third kappa shape index (κ3) is 2.83. The van der Waals surface area contributed by atoms with Gasteiger partial charge in [-0.3, -0.25) is 4.98 Å². The minimum absolute atomic E-state index is 0.698. The van der Waals surface area contributed by atoms with E-state index in [0.717, 1.165) is 16.7 Å². The number of hydrogen-bond donors (Lipinski definition) is 2. The third-order valence-corrected chi connectivity index (χ3v) is 5.16. The molecule has 0 atom stereocenters. The lowest BCUT2D eigenvalue weighted by molar-refractivity contribution is 0.705. The van der Waals surface area contributed by atoms with Crippen LogP contribution in [0.25, 0.3) is 11.0 Å². The van der Waals surface area contributed by atoms with Gasteiger partial charge in [-0.15, -0.1) is 0 Å². The molecule has 3 aromatic rings. The maximum atomic E-state index is 4.58. The maximum Gasteiger partial charge on any atom is 0.0883 e. The Labute approximate surface area is 134 Å². The number of nitrogens with zero attached hydrogens (tertiary/aromatic N) is 1. The van der Waals surface area contributed by atoms with Crippen LogP contribution in [0.15, 0.2) is 53.6 Å². The van der Waals surface area contributed by atoms with Gasteiger partial charge in [0, 0.05) is 10.6 Å². The molecule has 1 aliphatic carbocycles. The van der Waals surface area contributed by atoms with Crippen molar-refractivity contribution >= 4 is 28.7 Å². The molecule has 1 aliphatic rings. The molecule has 1 saturated carbocycles. The molecule has 0 spiro atoms. The summed E-state index contributed by atoms with van der Waals surface area (Å²) in [6.07, 6.45) is 7.23. The van der Waals surface area contributed by atoms with Gasteiger partial charge in [0.1, 0.15) is 0 Å². The van der Waals surface area contributed by atoms with Crippen molar-refractivity contribution in [1.29, 1.82) is 0 Å². The highest BCUT2D eigenvalue weighted by atomic mass is 32.2. The first kappa shape index (κ1) is 13.7. The number of nitrogens with one attached hydrogen (secondary N) is 2. The van der Waals surface area contributed by atoms with Crippen molar-refractivity contribution < 1.29 is 0 Å². The second kappa shape index (κ2) is 6.05. The molecule has 22 heavy (non-hydrogen) atoms. The molecule has 2 heterocycles. The largest absolute Gasteiger partial charge is 0.357 e. The summed E-state index contributed by atoms with van der Waals surface area (Å²) in [5.74, 6) is 0.698. The lowest BCUT2D eigenvalue weighted by atomic mass is 10.1. The highest BCUT2D eigenvalue weighted by molar-refractivity contribution is 8.00. The van der Waals surface area contributed by atoms with Gasteiger partial charge in [-0.1, -0.05) is 31.0 Å². The predicted molar refractivity (Wildman–Crippen MR) is 93.2 cm³/mol. The van der Waals surface area contributed by atoms with Crippen LogP contribution in [0.5, 0.6) is 0 Å². The summed E-state index contributed by atoms with van der Waals surface area (Å²) in [7, 11) is 0. The van der Waals surface area contributed by atoms with E-state index in [2.05, 4.69) is 39.0 Å². The van der Waals surface area contributed by atoms with Crippen molar-refractivity contribution in [3.05, 3.63) is 54.4 Å². The molecule has 0 unspecified atom stereocenters. The number of rotatable bonds is 4. The molecule has 0 amide bonds. The fourth-order valence-corrected chi connectivity index (χ4v) is 3.79. The molecule has 1 fully saturated rings. The minimum atomic E-state index is 0.698. The van der Waals surface area contributed by atoms with Crippen LogP contribution in [0.1, 0.15) is 37.3 Å². The van der Waals surface area contributed by atoms with E-state index in [1.165, 1.54) is 36.3 Å². The van der Waals surface area contributed by atoms with Crippen molar-refractivity contribution in [3.63, 3.8) is 0 Å². The number of anilines is 1. The summed E-state index contributed by atoms with van der Waals surface area (Å²) in [5.41, 5.74) is 4.58.